The van der Waals surface area contributed by atoms with E-state index >= 15 is 0 Å². The number of rotatable bonds is 43. The van der Waals surface area contributed by atoms with Crippen LogP contribution in [0.3, 0.4) is 0 Å². The van der Waals surface area contributed by atoms with Crippen molar-refractivity contribution in [3.63, 3.8) is 0 Å². The predicted octanol–water partition coefficient (Wildman–Crippen LogP) is 3.96. The number of carbonyl (C=O) groups is 3. The first-order valence-corrected chi connectivity index (χ1v) is 26.7. The molecule has 0 saturated heterocycles. The van der Waals surface area contributed by atoms with Gasteiger partial charge < -0.3 is 72.8 Å². The van der Waals surface area contributed by atoms with E-state index in [1.54, 1.807) is 17.3 Å². The Kier molecular flexibility index (Phi) is 32.9. The number of amides is 2. The number of nitrogens with one attached hydrogen (secondary N) is 1. The molecule has 0 saturated carbocycles. The SMILES string of the molecule is CCCN(CCCNC(=O)OCCOCCOCCOCCOCCOCCOCCOCCOCCOCCOCCC(=O)Oc1c(F)c(F)c([SH](=O)=O)c(F)c1F)C(=O)C1=Cc2ccc(-c3cncnc3)cc2N=C(N)C1. The lowest BCUT2D eigenvalue weighted by molar-refractivity contribution is -0.136. The Balaban J connectivity index is 0.836. The number of hydrogen-bond donors (Lipinski definition) is 3. The molecule has 0 atom stereocenters. The number of thiol groups is 1. The van der Waals surface area contributed by atoms with Gasteiger partial charge in [0.1, 0.15) is 23.7 Å². The minimum atomic E-state index is -3.98. The number of benzene rings is 2. The van der Waals surface area contributed by atoms with Crippen molar-refractivity contribution in [2.75, 3.05) is 158 Å². The number of carbonyl (C=O) groups excluding carboxylic acids is 3. The van der Waals surface area contributed by atoms with Crippen LogP contribution in [0.15, 0.2) is 52.4 Å². The summed E-state index contributed by atoms with van der Waals surface area (Å²) in [4.78, 5) is 50.4. The minimum absolute atomic E-state index is 0.0454. The minimum Gasteiger partial charge on any atom is -0.447 e. The highest BCUT2D eigenvalue weighted by Gasteiger charge is 2.30. The van der Waals surface area contributed by atoms with Crippen molar-refractivity contribution in [1.82, 2.24) is 20.2 Å². The molecule has 79 heavy (non-hydrogen) atoms. The zero-order chi connectivity index (χ0) is 56.9. The van der Waals surface area contributed by atoms with Crippen molar-refractivity contribution < 1.29 is 97.2 Å². The molecule has 1 aromatic heterocycles. The largest absolute Gasteiger partial charge is 0.447 e. The second-order valence-electron chi connectivity index (χ2n) is 16.6. The highest BCUT2D eigenvalue weighted by atomic mass is 32.2. The molecule has 0 fully saturated rings. The van der Waals surface area contributed by atoms with E-state index in [1.807, 2.05) is 31.2 Å². The molecular weight excluding hydrogens is 1080 g/mol. The van der Waals surface area contributed by atoms with E-state index in [4.69, 9.17) is 57.8 Å². The van der Waals surface area contributed by atoms with Gasteiger partial charge in [-0.05, 0) is 30.5 Å². The highest BCUT2D eigenvalue weighted by molar-refractivity contribution is 7.72. The molecule has 0 spiro atoms. The third-order valence-electron chi connectivity index (χ3n) is 10.7. The molecular formula is C51H70F4N6O17S. The number of hydrogen-bond acceptors (Lipinski definition) is 21. The van der Waals surface area contributed by atoms with Crippen LogP contribution in [-0.4, -0.2) is 205 Å². The summed E-state index contributed by atoms with van der Waals surface area (Å²) in [5, 5.41) is 2.72. The second-order valence-corrected chi connectivity index (χ2v) is 17.6. The fourth-order valence-corrected chi connectivity index (χ4v) is 7.42. The molecule has 0 unspecified atom stereocenters. The van der Waals surface area contributed by atoms with E-state index in [-0.39, 0.29) is 58.6 Å². The van der Waals surface area contributed by atoms with Gasteiger partial charge in [0.15, 0.2) is 22.3 Å². The number of alkyl carbamates (subject to hydrolysis) is 1. The van der Waals surface area contributed by atoms with Crippen LogP contribution in [0.1, 0.15) is 38.2 Å². The van der Waals surface area contributed by atoms with Crippen LogP contribution in [0, 0.1) is 23.3 Å². The Morgan fingerprint density at radius 3 is 1.57 bits per heavy atom. The number of nitrogens with zero attached hydrogens (tertiary/aromatic N) is 4. The van der Waals surface area contributed by atoms with Gasteiger partial charge in [-0.2, -0.15) is 8.78 Å². The summed E-state index contributed by atoms with van der Waals surface area (Å²) < 4.78 is 141. The maximum absolute atomic E-state index is 13.9. The van der Waals surface area contributed by atoms with Gasteiger partial charge in [-0.1, -0.05) is 19.1 Å². The standard InChI is InChI=1S/C51H70F4N6O17S/c1-2-8-61(50(63)39-31-38-5-4-37(40-34-57-36-58-35-40)32-41(38)60-42(56)33-39)9-3-7-59-51(64)77-30-29-76-28-27-75-26-25-74-24-23-73-22-21-72-20-19-71-18-17-70-16-15-69-14-13-68-12-11-67-10-6-43(62)78-48-44(52)46(54)49(79(65)66)47(55)45(48)53/h4-5,31-32,34-36,79H,2-3,6-30,33H2,1H3,(H2,56,60)(H,59,64). The monoisotopic (exact) mass is 1150 g/mol. The predicted molar refractivity (Wildman–Crippen MR) is 275 cm³/mol. The zero-order valence-corrected chi connectivity index (χ0v) is 45.0. The van der Waals surface area contributed by atoms with E-state index in [1.165, 1.54) is 6.33 Å². The lowest BCUT2D eigenvalue weighted by atomic mass is 10.0. The van der Waals surface area contributed by atoms with E-state index in [9.17, 15) is 40.4 Å². The highest BCUT2D eigenvalue weighted by Crippen LogP contribution is 2.33. The van der Waals surface area contributed by atoms with Crippen molar-refractivity contribution in [3.05, 3.63) is 71.3 Å². The van der Waals surface area contributed by atoms with Gasteiger partial charge in [0, 0.05) is 55.1 Å². The number of nitrogens with two attached hydrogens (primary N) is 1. The Morgan fingerprint density at radius 1 is 0.633 bits per heavy atom. The second kappa shape index (κ2) is 39.6. The van der Waals surface area contributed by atoms with E-state index in [2.05, 4.69) is 25.0 Å². The van der Waals surface area contributed by atoms with Crippen LogP contribution in [0.5, 0.6) is 5.75 Å². The lowest BCUT2D eigenvalue weighted by Crippen LogP contribution is -2.36. The molecule has 0 radical (unpaired) electrons. The number of ether oxygens (including phenoxy) is 12. The van der Waals surface area contributed by atoms with Crippen molar-refractivity contribution in [2.24, 2.45) is 10.7 Å². The number of aromatic nitrogens is 2. The summed E-state index contributed by atoms with van der Waals surface area (Å²) in [7, 11) is -3.98. The number of fused-ring (bicyclic) bond motifs is 1. The van der Waals surface area contributed by atoms with E-state index in [0.29, 0.717) is 136 Å². The average molecular weight is 1150 g/mol. The normalized spacial score (nSPS) is 12.2. The summed E-state index contributed by atoms with van der Waals surface area (Å²) in [6.07, 6.45) is 7.16. The third kappa shape index (κ3) is 25.9. The van der Waals surface area contributed by atoms with Gasteiger partial charge in [-0.15, -0.1) is 0 Å². The van der Waals surface area contributed by atoms with Crippen molar-refractivity contribution >= 4 is 46.3 Å². The molecule has 3 N–H and O–H groups in total. The quantitative estimate of drug-likeness (QED) is 0.0181. The summed E-state index contributed by atoms with van der Waals surface area (Å²) in [5.74, 6) is -11.5. The molecule has 440 valence electrons. The van der Waals surface area contributed by atoms with E-state index < -0.39 is 63.1 Å². The molecule has 1 aliphatic heterocycles. The van der Waals surface area contributed by atoms with Crippen molar-refractivity contribution in [3.8, 4) is 16.9 Å². The number of amidine groups is 1. The molecule has 0 bridgehead atoms. The number of halogens is 4. The summed E-state index contributed by atoms with van der Waals surface area (Å²) in [6, 6.07) is 5.75. The smallest absolute Gasteiger partial charge is 0.407 e. The molecule has 28 heteroatoms. The van der Waals surface area contributed by atoms with Crippen molar-refractivity contribution in [2.45, 2.75) is 37.5 Å². The van der Waals surface area contributed by atoms with Gasteiger partial charge in [-0.25, -0.2) is 37.0 Å². The molecule has 1 aliphatic rings. The molecule has 2 amide bonds. The first-order valence-electron chi connectivity index (χ1n) is 25.5. The van der Waals surface area contributed by atoms with E-state index in [0.717, 1.165) is 23.1 Å². The first kappa shape index (κ1) is 65.7. The summed E-state index contributed by atoms with van der Waals surface area (Å²) in [6.45, 7) is 9.27. The van der Waals surface area contributed by atoms with Crippen LogP contribution in [0.4, 0.5) is 28.0 Å². The third-order valence-corrected chi connectivity index (χ3v) is 11.4. The Labute approximate surface area is 457 Å². The van der Waals surface area contributed by atoms with Crippen LogP contribution < -0.4 is 15.8 Å². The number of esters is 1. The average Bonchev–Trinajstić information content (AvgIpc) is 3.61. The van der Waals surface area contributed by atoms with Crippen LogP contribution >= 0.6 is 0 Å². The first-order chi connectivity index (χ1) is 38.4. The Bertz CT molecular complexity index is 2410. The van der Waals surface area contributed by atoms with Gasteiger partial charge in [-0.3, -0.25) is 9.59 Å². The number of aliphatic imine (C=N–C) groups is 1. The Hall–Kier alpha value is -5.79. The maximum Gasteiger partial charge on any atom is 0.407 e. The van der Waals surface area contributed by atoms with Crippen LogP contribution in [0.25, 0.3) is 17.2 Å². The lowest BCUT2D eigenvalue weighted by Gasteiger charge is -2.23. The molecule has 3 aromatic rings. The summed E-state index contributed by atoms with van der Waals surface area (Å²) in [5.41, 5.74) is 9.99. The van der Waals surface area contributed by atoms with Crippen LogP contribution in [0.2, 0.25) is 0 Å². The van der Waals surface area contributed by atoms with Gasteiger partial charge >= 0.3 is 12.1 Å². The van der Waals surface area contributed by atoms with Gasteiger partial charge in [0.05, 0.1) is 144 Å². The molecule has 23 nitrogen and oxygen atoms in total. The fourth-order valence-electron chi connectivity index (χ4n) is 6.90. The van der Waals surface area contributed by atoms with Gasteiger partial charge in [0.2, 0.25) is 23.3 Å². The zero-order valence-electron chi connectivity index (χ0n) is 44.1. The van der Waals surface area contributed by atoms with Crippen LogP contribution in [-0.2, 0) is 72.4 Å². The Morgan fingerprint density at radius 2 is 1.10 bits per heavy atom. The molecule has 4 rings (SSSR count). The maximum atomic E-state index is 13.9. The topological polar surface area (TPSA) is 276 Å². The molecule has 2 aromatic carbocycles. The molecule has 0 aliphatic carbocycles. The summed E-state index contributed by atoms with van der Waals surface area (Å²) >= 11 is 0. The van der Waals surface area contributed by atoms with Gasteiger partial charge in [0.25, 0.3) is 0 Å². The van der Waals surface area contributed by atoms with Crippen molar-refractivity contribution in [1.29, 1.82) is 0 Å². The fraction of sp³-hybridized carbons (Fsp3) is 0.569. The molecule has 2 heterocycles.